The Hall–Kier alpha value is -1.77. The van der Waals surface area contributed by atoms with Gasteiger partial charge in [-0.05, 0) is 24.5 Å². The quantitative estimate of drug-likeness (QED) is 0.816. The predicted molar refractivity (Wildman–Crippen MR) is 91.7 cm³/mol. The van der Waals surface area contributed by atoms with Gasteiger partial charge in [0.2, 0.25) is 0 Å². The molecule has 0 radical (unpaired) electrons. The molecule has 0 unspecified atom stereocenters. The van der Waals surface area contributed by atoms with Crippen molar-refractivity contribution in [1.82, 2.24) is 23.1 Å². The minimum atomic E-state index is -3.32. The Bertz CT molecular complexity index is 765. The van der Waals surface area contributed by atoms with Gasteiger partial charge >= 0.3 is 0 Å². The summed E-state index contributed by atoms with van der Waals surface area (Å²) in [6, 6.07) is 3.97. The van der Waals surface area contributed by atoms with E-state index in [-0.39, 0.29) is 5.92 Å². The summed E-state index contributed by atoms with van der Waals surface area (Å²) in [6.07, 6.45) is 8.99. The molecule has 2 aromatic rings. The number of aromatic nitrogens is 3. The van der Waals surface area contributed by atoms with Gasteiger partial charge in [0.05, 0.1) is 6.54 Å². The van der Waals surface area contributed by atoms with Crippen molar-refractivity contribution >= 4 is 10.2 Å². The third-order valence-corrected chi connectivity index (χ3v) is 6.37. The molecule has 0 atom stereocenters. The first-order valence-corrected chi connectivity index (χ1v) is 9.45. The molecule has 1 fully saturated rings. The standard InChI is InChI=1S/C16H23N5O2S/c1-19(2)24(22,23)21-9-5-15(6-10-21)16-18-8-11-20(16)13-14-4-3-7-17-12-14/h3-4,7-8,11-12,15H,5-6,9-10,13H2,1-2H3. The Labute approximate surface area is 143 Å². The second-order valence-electron chi connectivity index (χ2n) is 6.24. The van der Waals surface area contributed by atoms with Crippen LogP contribution in [0.4, 0.5) is 0 Å². The van der Waals surface area contributed by atoms with Crippen LogP contribution in [0.2, 0.25) is 0 Å². The van der Waals surface area contributed by atoms with Crippen LogP contribution in [0.15, 0.2) is 36.9 Å². The van der Waals surface area contributed by atoms with Crippen molar-refractivity contribution in [1.29, 1.82) is 0 Å². The summed E-state index contributed by atoms with van der Waals surface area (Å²) < 4.78 is 29.4. The maximum absolute atomic E-state index is 12.2. The molecular weight excluding hydrogens is 326 g/mol. The first-order valence-electron chi connectivity index (χ1n) is 8.06. The van der Waals surface area contributed by atoms with Crippen LogP contribution in [0.3, 0.4) is 0 Å². The van der Waals surface area contributed by atoms with E-state index in [2.05, 4.69) is 14.5 Å². The van der Waals surface area contributed by atoms with Gasteiger partial charge in [-0.25, -0.2) is 4.98 Å². The normalized spacial score (nSPS) is 17.5. The summed E-state index contributed by atoms with van der Waals surface area (Å²) in [7, 11) is -0.177. The van der Waals surface area contributed by atoms with Gasteiger partial charge in [-0.3, -0.25) is 4.98 Å². The number of hydrogen-bond donors (Lipinski definition) is 0. The molecule has 24 heavy (non-hydrogen) atoms. The largest absolute Gasteiger partial charge is 0.330 e. The van der Waals surface area contributed by atoms with Gasteiger partial charge < -0.3 is 4.57 Å². The molecule has 1 aliphatic heterocycles. The zero-order valence-electron chi connectivity index (χ0n) is 14.0. The van der Waals surface area contributed by atoms with Crippen LogP contribution in [0.5, 0.6) is 0 Å². The third kappa shape index (κ3) is 3.50. The van der Waals surface area contributed by atoms with Gasteiger partial charge in [-0.2, -0.15) is 17.0 Å². The van der Waals surface area contributed by atoms with Gasteiger partial charge in [0, 0.05) is 57.9 Å². The van der Waals surface area contributed by atoms with E-state index in [1.807, 2.05) is 30.7 Å². The highest BCUT2D eigenvalue weighted by Crippen LogP contribution is 2.28. The van der Waals surface area contributed by atoms with E-state index in [0.29, 0.717) is 13.1 Å². The molecule has 0 aromatic carbocycles. The lowest BCUT2D eigenvalue weighted by Crippen LogP contribution is -2.44. The Morgan fingerprint density at radius 1 is 1.25 bits per heavy atom. The van der Waals surface area contributed by atoms with Crippen molar-refractivity contribution < 1.29 is 8.42 Å². The van der Waals surface area contributed by atoms with E-state index in [9.17, 15) is 8.42 Å². The van der Waals surface area contributed by atoms with E-state index >= 15 is 0 Å². The monoisotopic (exact) mass is 349 g/mol. The molecule has 7 nitrogen and oxygen atoms in total. The molecule has 3 rings (SSSR count). The molecule has 8 heteroatoms. The Morgan fingerprint density at radius 3 is 2.62 bits per heavy atom. The number of hydrogen-bond acceptors (Lipinski definition) is 4. The topological polar surface area (TPSA) is 71.3 Å². The highest BCUT2D eigenvalue weighted by Gasteiger charge is 2.31. The molecular formula is C16H23N5O2S. The van der Waals surface area contributed by atoms with Gasteiger partial charge in [-0.15, -0.1) is 0 Å². The number of piperidine rings is 1. The fourth-order valence-corrected chi connectivity index (χ4v) is 4.21. The van der Waals surface area contributed by atoms with Crippen molar-refractivity contribution in [3.05, 3.63) is 48.3 Å². The molecule has 0 amide bonds. The highest BCUT2D eigenvalue weighted by atomic mass is 32.2. The third-order valence-electron chi connectivity index (χ3n) is 4.43. The molecule has 0 spiro atoms. The summed E-state index contributed by atoms with van der Waals surface area (Å²) in [5.41, 5.74) is 1.13. The predicted octanol–water partition coefficient (Wildman–Crippen LogP) is 1.31. The summed E-state index contributed by atoms with van der Waals surface area (Å²) in [4.78, 5) is 8.67. The lowest BCUT2D eigenvalue weighted by molar-refractivity contribution is 0.294. The number of imidazole rings is 1. The van der Waals surface area contributed by atoms with Crippen LogP contribution in [-0.2, 0) is 16.8 Å². The Balaban J connectivity index is 1.69. The molecule has 0 N–H and O–H groups in total. The summed E-state index contributed by atoms with van der Waals surface area (Å²) in [5, 5.41) is 0. The number of nitrogens with zero attached hydrogens (tertiary/aromatic N) is 5. The van der Waals surface area contributed by atoms with Gasteiger partial charge in [-0.1, -0.05) is 6.07 Å². The maximum Gasteiger partial charge on any atom is 0.281 e. The van der Waals surface area contributed by atoms with Crippen molar-refractivity contribution in [3.8, 4) is 0 Å². The molecule has 3 heterocycles. The molecule has 0 saturated carbocycles. The van der Waals surface area contributed by atoms with Gasteiger partial charge in [0.15, 0.2) is 0 Å². The van der Waals surface area contributed by atoms with Crippen molar-refractivity contribution in [2.45, 2.75) is 25.3 Å². The van der Waals surface area contributed by atoms with Crippen LogP contribution < -0.4 is 0 Å². The van der Waals surface area contributed by atoms with Crippen molar-refractivity contribution in [2.75, 3.05) is 27.2 Å². The minimum Gasteiger partial charge on any atom is -0.330 e. The lowest BCUT2D eigenvalue weighted by Gasteiger charge is -2.32. The van der Waals surface area contributed by atoms with Crippen LogP contribution in [0, 0.1) is 0 Å². The van der Waals surface area contributed by atoms with Gasteiger partial charge in [0.25, 0.3) is 10.2 Å². The van der Waals surface area contributed by atoms with Crippen LogP contribution in [0.25, 0.3) is 0 Å². The van der Waals surface area contributed by atoms with Crippen LogP contribution >= 0.6 is 0 Å². The maximum atomic E-state index is 12.2. The SMILES string of the molecule is CN(C)S(=O)(=O)N1CCC(c2nccn2Cc2cccnc2)CC1. The summed E-state index contributed by atoms with van der Waals surface area (Å²) in [6.45, 7) is 1.80. The zero-order valence-corrected chi connectivity index (χ0v) is 14.9. The first-order chi connectivity index (χ1) is 11.5. The number of rotatable bonds is 5. The van der Waals surface area contributed by atoms with Gasteiger partial charge in [0.1, 0.15) is 5.82 Å². The zero-order chi connectivity index (χ0) is 17.2. The first kappa shape index (κ1) is 17.1. The van der Waals surface area contributed by atoms with E-state index < -0.39 is 10.2 Å². The molecule has 1 aliphatic rings. The smallest absolute Gasteiger partial charge is 0.281 e. The molecule has 0 bridgehead atoms. The Kier molecular flexibility index (Phi) is 4.98. The van der Waals surface area contributed by atoms with E-state index in [4.69, 9.17) is 0 Å². The fraction of sp³-hybridized carbons (Fsp3) is 0.500. The fourth-order valence-electron chi connectivity index (χ4n) is 3.08. The van der Waals surface area contributed by atoms with Crippen molar-refractivity contribution in [3.63, 3.8) is 0 Å². The Morgan fingerprint density at radius 2 is 2.00 bits per heavy atom. The molecule has 1 saturated heterocycles. The number of pyridine rings is 1. The highest BCUT2D eigenvalue weighted by molar-refractivity contribution is 7.86. The molecule has 0 aliphatic carbocycles. The van der Waals surface area contributed by atoms with Crippen LogP contribution in [0.1, 0.15) is 30.1 Å². The summed E-state index contributed by atoms with van der Waals surface area (Å²) in [5.74, 6) is 1.31. The van der Waals surface area contributed by atoms with E-state index in [0.717, 1.165) is 30.8 Å². The lowest BCUT2D eigenvalue weighted by atomic mass is 9.97. The second-order valence-corrected chi connectivity index (χ2v) is 8.38. The average Bonchev–Trinajstić information content (AvgIpc) is 3.04. The van der Waals surface area contributed by atoms with Crippen molar-refractivity contribution in [2.24, 2.45) is 0 Å². The van der Waals surface area contributed by atoms with E-state index in [1.54, 1.807) is 24.6 Å². The summed E-state index contributed by atoms with van der Waals surface area (Å²) >= 11 is 0. The average molecular weight is 349 g/mol. The minimum absolute atomic E-state index is 0.283. The van der Waals surface area contributed by atoms with Crippen LogP contribution in [-0.4, -0.2) is 58.7 Å². The molecule has 2 aromatic heterocycles. The van der Waals surface area contributed by atoms with E-state index in [1.165, 1.54) is 4.31 Å². The second kappa shape index (κ2) is 7.00. The molecule has 130 valence electrons.